The van der Waals surface area contributed by atoms with Gasteiger partial charge in [-0.05, 0) is 42.7 Å². The van der Waals surface area contributed by atoms with Gasteiger partial charge in [0.05, 0.1) is 18.6 Å². The lowest BCUT2D eigenvalue weighted by Gasteiger charge is -2.24. The summed E-state index contributed by atoms with van der Waals surface area (Å²) in [6.45, 7) is 0.759. The quantitative estimate of drug-likeness (QED) is 0.577. The summed E-state index contributed by atoms with van der Waals surface area (Å²) in [6, 6.07) is 16.2. The van der Waals surface area contributed by atoms with Crippen LogP contribution in [0.1, 0.15) is 12.0 Å². The van der Waals surface area contributed by atoms with E-state index in [0.717, 1.165) is 35.8 Å². The van der Waals surface area contributed by atoms with Gasteiger partial charge in [-0.1, -0.05) is 35.9 Å². The number of aryl methyl sites for hydroxylation is 1. The molecule has 26 heavy (non-hydrogen) atoms. The molecule has 0 fully saturated rings. The summed E-state index contributed by atoms with van der Waals surface area (Å²) in [5.41, 5.74) is 2.34. The van der Waals surface area contributed by atoms with E-state index in [1.54, 1.807) is 6.20 Å². The Labute approximate surface area is 160 Å². The van der Waals surface area contributed by atoms with Gasteiger partial charge >= 0.3 is 0 Å². The van der Waals surface area contributed by atoms with Crippen molar-refractivity contribution in [2.75, 3.05) is 19.0 Å². The normalized spacial score (nSPS) is 12.0. The summed E-state index contributed by atoms with van der Waals surface area (Å²) >= 11 is 5.98. The van der Waals surface area contributed by atoms with E-state index in [1.807, 2.05) is 57.0 Å². The molecule has 0 aliphatic heterocycles. The van der Waals surface area contributed by atoms with Crippen LogP contribution >= 0.6 is 11.6 Å². The predicted octanol–water partition coefficient (Wildman–Crippen LogP) is 4.68. The van der Waals surface area contributed by atoms with Crippen molar-refractivity contribution in [2.24, 2.45) is 0 Å². The second kappa shape index (κ2) is 8.77. The maximum atomic E-state index is 6.41. The van der Waals surface area contributed by atoms with E-state index < -0.39 is 0 Å². The van der Waals surface area contributed by atoms with Crippen LogP contribution in [0.2, 0.25) is 5.02 Å². The van der Waals surface area contributed by atoms with E-state index >= 15 is 0 Å². The number of nitrogens with zero attached hydrogens (tertiary/aromatic N) is 3. The maximum absolute atomic E-state index is 6.41. The van der Waals surface area contributed by atoms with Crippen LogP contribution in [0, 0.1) is 0 Å². The molecule has 0 N–H and O–H groups in total. The first-order valence-corrected chi connectivity index (χ1v) is 9.13. The van der Waals surface area contributed by atoms with Crippen LogP contribution in [0.15, 0.2) is 67.3 Å². The van der Waals surface area contributed by atoms with Gasteiger partial charge in [-0.2, -0.15) is 0 Å². The summed E-state index contributed by atoms with van der Waals surface area (Å²) < 4.78 is 8.47. The fourth-order valence-electron chi connectivity index (χ4n) is 2.90. The van der Waals surface area contributed by atoms with Crippen molar-refractivity contribution in [3.05, 3.63) is 77.8 Å². The number of anilines is 1. The third-order valence-electron chi connectivity index (χ3n) is 4.28. The Balaban J connectivity index is 1.74. The minimum absolute atomic E-state index is 0.0426. The Kier molecular flexibility index (Phi) is 6.18. The molecule has 0 aliphatic carbocycles. The highest BCUT2D eigenvalue weighted by atomic mass is 35.5. The molecule has 0 radical (unpaired) electrons. The van der Waals surface area contributed by atoms with Crippen LogP contribution < -0.4 is 9.64 Å². The largest absolute Gasteiger partial charge is 0.486 e. The molecule has 0 bridgehead atoms. The number of imidazole rings is 1. The summed E-state index contributed by atoms with van der Waals surface area (Å²) in [4.78, 5) is 6.21. The van der Waals surface area contributed by atoms with Gasteiger partial charge in [-0.25, -0.2) is 4.98 Å². The third kappa shape index (κ3) is 5.02. The lowest BCUT2D eigenvalue weighted by atomic mass is 10.1. The number of benzene rings is 2. The van der Waals surface area contributed by atoms with Crippen molar-refractivity contribution in [3.8, 4) is 5.75 Å². The number of ether oxygens (including phenoxy) is 1. The smallest absolute Gasteiger partial charge is 0.143 e. The van der Waals surface area contributed by atoms with Gasteiger partial charge in [0.25, 0.3) is 0 Å². The topological polar surface area (TPSA) is 30.3 Å². The molecule has 4 nitrogen and oxygen atoms in total. The van der Waals surface area contributed by atoms with Crippen molar-refractivity contribution < 1.29 is 4.74 Å². The molecule has 0 aliphatic rings. The molecule has 136 valence electrons. The number of rotatable bonds is 8. The Morgan fingerprint density at radius 3 is 2.58 bits per heavy atom. The standard InChI is InChI=1S/C21H24ClN3O/c1-24(2)20-5-3-4-6-21(20)26-19(15-25-14-13-23-16-25)12-9-17-7-10-18(22)11-8-17/h3-8,10-11,13-14,16,19H,9,12,15H2,1-2H3. The van der Waals surface area contributed by atoms with Crippen LogP contribution in [-0.4, -0.2) is 29.8 Å². The zero-order chi connectivity index (χ0) is 18.4. The van der Waals surface area contributed by atoms with Crippen LogP contribution in [0.25, 0.3) is 0 Å². The second-order valence-corrected chi connectivity index (χ2v) is 6.96. The molecule has 0 saturated heterocycles. The van der Waals surface area contributed by atoms with Crippen molar-refractivity contribution in [1.29, 1.82) is 0 Å². The summed E-state index contributed by atoms with van der Waals surface area (Å²) in [6.07, 6.45) is 7.47. The van der Waals surface area contributed by atoms with Gasteiger partial charge in [0, 0.05) is 31.5 Å². The van der Waals surface area contributed by atoms with Crippen LogP contribution in [0.5, 0.6) is 5.75 Å². The minimum atomic E-state index is 0.0426. The van der Waals surface area contributed by atoms with Crippen LogP contribution in [0.3, 0.4) is 0 Å². The highest BCUT2D eigenvalue weighted by Gasteiger charge is 2.15. The molecule has 1 heterocycles. The first-order chi connectivity index (χ1) is 12.6. The molecule has 1 unspecified atom stereocenters. The maximum Gasteiger partial charge on any atom is 0.143 e. The third-order valence-corrected chi connectivity index (χ3v) is 4.53. The molecular formula is C21H24ClN3O. The molecule has 5 heteroatoms. The minimum Gasteiger partial charge on any atom is -0.486 e. The van der Waals surface area contributed by atoms with E-state index in [2.05, 4.69) is 32.7 Å². The van der Waals surface area contributed by atoms with Crippen molar-refractivity contribution in [2.45, 2.75) is 25.5 Å². The number of halogens is 1. The monoisotopic (exact) mass is 369 g/mol. The molecule has 1 aromatic heterocycles. The molecule has 0 saturated carbocycles. The van der Waals surface area contributed by atoms with E-state index in [0.29, 0.717) is 0 Å². The van der Waals surface area contributed by atoms with E-state index in [9.17, 15) is 0 Å². The molecular weight excluding hydrogens is 346 g/mol. The highest BCUT2D eigenvalue weighted by molar-refractivity contribution is 6.30. The van der Waals surface area contributed by atoms with Gasteiger partial charge in [0.1, 0.15) is 11.9 Å². The zero-order valence-corrected chi connectivity index (χ0v) is 15.9. The summed E-state index contributed by atoms with van der Waals surface area (Å²) in [7, 11) is 4.06. The fourth-order valence-corrected chi connectivity index (χ4v) is 3.03. The number of para-hydroxylation sites is 2. The van der Waals surface area contributed by atoms with E-state index in [-0.39, 0.29) is 6.10 Å². The number of aromatic nitrogens is 2. The SMILES string of the molecule is CN(C)c1ccccc1OC(CCc1ccc(Cl)cc1)Cn1ccnc1. The summed E-state index contributed by atoms with van der Waals surface area (Å²) in [5.74, 6) is 0.902. The van der Waals surface area contributed by atoms with E-state index in [1.165, 1.54) is 5.56 Å². The Bertz CT molecular complexity index is 800. The Morgan fingerprint density at radius 1 is 1.12 bits per heavy atom. The second-order valence-electron chi connectivity index (χ2n) is 6.53. The molecule has 0 amide bonds. The van der Waals surface area contributed by atoms with Crippen molar-refractivity contribution in [1.82, 2.24) is 9.55 Å². The molecule has 3 rings (SSSR count). The predicted molar refractivity (Wildman–Crippen MR) is 107 cm³/mol. The first-order valence-electron chi connectivity index (χ1n) is 8.75. The first kappa shape index (κ1) is 18.3. The lowest BCUT2D eigenvalue weighted by molar-refractivity contribution is 0.171. The fraction of sp³-hybridized carbons (Fsp3) is 0.286. The number of hydrogen-bond acceptors (Lipinski definition) is 3. The van der Waals surface area contributed by atoms with Crippen LogP contribution in [0.4, 0.5) is 5.69 Å². The zero-order valence-electron chi connectivity index (χ0n) is 15.2. The van der Waals surface area contributed by atoms with Gasteiger partial charge < -0.3 is 14.2 Å². The molecule has 1 atom stereocenters. The van der Waals surface area contributed by atoms with Gasteiger partial charge in [0.15, 0.2) is 0 Å². The van der Waals surface area contributed by atoms with Crippen LogP contribution in [-0.2, 0) is 13.0 Å². The van der Waals surface area contributed by atoms with Gasteiger partial charge in [-0.15, -0.1) is 0 Å². The lowest BCUT2D eigenvalue weighted by Crippen LogP contribution is -2.24. The Morgan fingerprint density at radius 2 is 1.88 bits per heavy atom. The molecule has 0 spiro atoms. The Hall–Kier alpha value is -2.46. The molecule has 2 aromatic carbocycles. The summed E-state index contributed by atoms with van der Waals surface area (Å²) in [5, 5.41) is 0.764. The highest BCUT2D eigenvalue weighted by Crippen LogP contribution is 2.28. The van der Waals surface area contributed by atoms with Crippen molar-refractivity contribution >= 4 is 17.3 Å². The molecule has 3 aromatic rings. The number of hydrogen-bond donors (Lipinski definition) is 0. The average Bonchev–Trinajstić information content (AvgIpc) is 3.14. The van der Waals surface area contributed by atoms with E-state index in [4.69, 9.17) is 16.3 Å². The van der Waals surface area contributed by atoms with Gasteiger partial charge in [0.2, 0.25) is 0 Å². The average molecular weight is 370 g/mol. The van der Waals surface area contributed by atoms with Crippen molar-refractivity contribution in [3.63, 3.8) is 0 Å². The van der Waals surface area contributed by atoms with Gasteiger partial charge in [-0.3, -0.25) is 0 Å².